The molecular formula is C12H18N4O4. The summed E-state index contributed by atoms with van der Waals surface area (Å²) >= 11 is 0. The van der Waals surface area contributed by atoms with Crippen LogP contribution in [0, 0.1) is 22.0 Å². The Hall–Kier alpha value is -1.70. The summed E-state index contributed by atoms with van der Waals surface area (Å²) < 4.78 is 5.33. The Kier molecular flexibility index (Phi) is 3.56. The third-order valence-electron chi connectivity index (χ3n) is 3.98. The summed E-state index contributed by atoms with van der Waals surface area (Å²) in [4.78, 5) is 26.2. The molecule has 0 bridgehead atoms. The van der Waals surface area contributed by atoms with Crippen molar-refractivity contribution in [3.05, 3.63) is 10.1 Å². The van der Waals surface area contributed by atoms with E-state index in [0.29, 0.717) is 32.2 Å². The molecule has 1 aliphatic carbocycles. The molecular weight excluding hydrogens is 264 g/mol. The molecule has 20 heavy (non-hydrogen) atoms. The maximum absolute atomic E-state index is 12.2. The Labute approximate surface area is 116 Å². The van der Waals surface area contributed by atoms with Crippen molar-refractivity contribution >= 4 is 11.9 Å². The van der Waals surface area contributed by atoms with Crippen LogP contribution in [0.3, 0.4) is 0 Å². The van der Waals surface area contributed by atoms with Gasteiger partial charge in [-0.15, -0.1) is 0 Å². The molecule has 8 heteroatoms. The number of guanidine groups is 1. The Morgan fingerprint density at radius 1 is 1.40 bits per heavy atom. The van der Waals surface area contributed by atoms with E-state index in [4.69, 9.17) is 4.74 Å². The van der Waals surface area contributed by atoms with Gasteiger partial charge in [-0.2, -0.15) is 0 Å². The molecule has 0 spiro atoms. The maximum atomic E-state index is 12.2. The van der Waals surface area contributed by atoms with E-state index in [1.807, 2.05) is 4.90 Å². The molecule has 1 saturated carbocycles. The van der Waals surface area contributed by atoms with Crippen LogP contribution < -0.4 is 0 Å². The van der Waals surface area contributed by atoms with Crippen LogP contribution in [0.4, 0.5) is 0 Å². The molecule has 3 fully saturated rings. The van der Waals surface area contributed by atoms with Gasteiger partial charge in [-0.05, 0) is 19.3 Å². The Bertz CT molecular complexity index is 443. The highest BCUT2D eigenvalue weighted by Crippen LogP contribution is 2.32. The Morgan fingerprint density at radius 3 is 2.80 bits per heavy atom. The summed E-state index contributed by atoms with van der Waals surface area (Å²) in [5.41, 5.74) is 0. The standard InChI is InChI=1S/C12H18N4O4/c17-11(10-1-2-10)15-5-4-14(12(15)13-16(18)19)7-9-3-6-20-8-9/h9-10H,1-8H2. The molecule has 2 heterocycles. The van der Waals surface area contributed by atoms with Gasteiger partial charge in [-0.1, -0.05) is 0 Å². The average Bonchev–Trinajstić information content (AvgIpc) is 3.01. The lowest BCUT2D eigenvalue weighted by Crippen LogP contribution is -2.40. The molecule has 8 nitrogen and oxygen atoms in total. The lowest BCUT2D eigenvalue weighted by molar-refractivity contribution is -0.486. The second kappa shape index (κ2) is 5.35. The van der Waals surface area contributed by atoms with Crippen molar-refractivity contribution in [1.29, 1.82) is 0 Å². The number of hydrazone groups is 1. The smallest absolute Gasteiger partial charge is 0.280 e. The fourth-order valence-electron chi connectivity index (χ4n) is 2.75. The van der Waals surface area contributed by atoms with Crippen LogP contribution >= 0.6 is 0 Å². The number of amides is 1. The van der Waals surface area contributed by atoms with Gasteiger partial charge < -0.3 is 9.64 Å². The number of nitrogens with zero attached hydrogens (tertiary/aromatic N) is 4. The zero-order valence-corrected chi connectivity index (χ0v) is 11.2. The lowest BCUT2D eigenvalue weighted by atomic mass is 10.1. The van der Waals surface area contributed by atoms with E-state index < -0.39 is 5.03 Å². The summed E-state index contributed by atoms with van der Waals surface area (Å²) in [6, 6.07) is 0. The van der Waals surface area contributed by atoms with Crippen LogP contribution in [0.2, 0.25) is 0 Å². The van der Waals surface area contributed by atoms with Gasteiger partial charge in [-0.3, -0.25) is 9.69 Å². The lowest BCUT2D eigenvalue weighted by Gasteiger charge is -2.21. The summed E-state index contributed by atoms with van der Waals surface area (Å²) in [5, 5.41) is 13.4. The monoisotopic (exact) mass is 282 g/mol. The van der Waals surface area contributed by atoms with E-state index in [0.717, 1.165) is 25.9 Å². The van der Waals surface area contributed by atoms with E-state index in [1.54, 1.807) is 0 Å². The summed E-state index contributed by atoms with van der Waals surface area (Å²) in [7, 11) is 0. The van der Waals surface area contributed by atoms with Crippen molar-refractivity contribution in [2.45, 2.75) is 19.3 Å². The molecule has 110 valence electrons. The van der Waals surface area contributed by atoms with Gasteiger partial charge in [0.05, 0.1) is 6.61 Å². The number of nitro groups is 1. The van der Waals surface area contributed by atoms with Gasteiger partial charge in [0, 0.05) is 38.1 Å². The van der Waals surface area contributed by atoms with Crippen molar-refractivity contribution in [3.63, 3.8) is 0 Å². The zero-order chi connectivity index (χ0) is 14.1. The van der Waals surface area contributed by atoms with Gasteiger partial charge >= 0.3 is 0 Å². The number of hydrogen-bond donors (Lipinski definition) is 0. The zero-order valence-electron chi connectivity index (χ0n) is 11.2. The first-order valence-electron chi connectivity index (χ1n) is 7.02. The quantitative estimate of drug-likeness (QED) is 0.540. The molecule has 0 aromatic rings. The van der Waals surface area contributed by atoms with E-state index in [9.17, 15) is 14.9 Å². The second-order valence-corrected chi connectivity index (χ2v) is 5.58. The normalized spacial score (nSPS) is 28.4. The van der Waals surface area contributed by atoms with Crippen molar-refractivity contribution in [3.8, 4) is 0 Å². The van der Waals surface area contributed by atoms with Crippen molar-refractivity contribution in [1.82, 2.24) is 9.80 Å². The van der Waals surface area contributed by atoms with Crippen LogP contribution in [0.5, 0.6) is 0 Å². The highest BCUT2D eigenvalue weighted by atomic mass is 16.7. The first-order valence-corrected chi connectivity index (χ1v) is 7.02. The van der Waals surface area contributed by atoms with Gasteiger partial charge in [0.15, 0.2) is 5.03 Å². The molecule has 0 radical (unpaired) electrons. The van der Waals surface area contributed by atoms with Gasteiger partial charge in [0.2, 0.25) is 5.91 Å². The average molecular weight is 282 g/mol. The molecule has 2 aliphatic heterocycles. The maximum Gasteiger partial charge on any atom is 0.280 e. The third kappa shape index (κ3) is 2.74. The van der Waals surface area contributed by atoms with Crippen LogP contribution in [0.1, 0.15) is 19.3 Å². The summed E-state index contributed by atoms with van der Waals surface area (Å²) in [6.45, 7) is 3.20. The molecule has 1 atom stereocenters. The molecule has 0 aromatic heterocycles. The molecule has 1 amide bonds. The van der Waals surface area contributed by atoms with Gasteiger partial charge in [-0.25, -0.2) is 10.1 Å². The molecule has 2 saturated heterocycles. The number of hydrogen-bond acceptors (Lipinski definition) is 4. The van der Waals surface area contributed by atoms with Crippen LogP contribution in [-0.2, 0) is 9.53 Å². The fraction of sp³-hybridized carbons (Fsp3) is 0.833. The highest BCUT2D eigenvalue weighted by Gasteiger charge is 2.41. The third-order valence-corrected chi connectivity index (χ3v) is 3.98. The van der Waals surface area contributed by atoms with Crippen LogP contribution in [0.15, 0.2) is 5.10 Å². The Balaban J connectivity index is 1.72. The van der Waals surface area contributed by atoms with Crippen molar-refractivity contribution < 1.29 is 14.6 Å². The first kappa shape index (κ1) is 13.3. The first-order chi connectivity index (χ1) is 9.65. The Morgan fingerprint density at radius 2 is 2.20 bits per heavy atom. The number of rotatable bonds is 4. The predicted octanol–water partition coefficient (Wildman–Crippen LogP) is 0.125. The van der Waals surface area contributed by atoms with Gasteiger partial charge in [0.25, 0.3) is 5.96 Å². The topological polar surface area (TPSA) is 88.3 Å². The molecule has 0 N–H and O–H groups in total. The summed E-state index contributed by atoms with van der Waals surface area (Å²) in [6.07, 6.45) is 2.73. The summed E-state index contributed by atoms with van der Waals surface area (Å²) in [5.74, 6) is 0.597. The highest BCUT2D eigenvalue weighted by molar-refractivity contribution is 5.99. The van der Waals surface area contributed by atoms with Crippen molar-refractivity contribution in [2.24, 2.45) is 16.9 Å². The molecule has 3 rings (SSSR count). The molecule has 3 aliphatic rings. The number of carbonyl (C=O) groups is 1. The van der Waals surface area contributed by atoms with Crippen LogP contribution in [0.25, 0.3) is 0 Å². The number of ether oxygens (including phenoxy) is 1. The van der Waals surface area contributed by atoms with E-state index in [-0.39, 0.29) is 17.8 Å². The number of carbonyl (C=O) groups excluding carboxylic acids is 1. The second-order valence-electron chi connectivity index (χ2n) is 5.58. The van der Waals surface area contributed by atoms with E-state index in [2.05, 4.69) is 5.10 Å². The fourth-order valence-corrected chi connectivity index (χ4v) is 2.75. The SMILES string of the molecule is O=C(C1CC1)N1CCN(CC2CCOC2)C1=N[N+](=O)[O-]. The van der Waals surface area contributed by atoms with Crippen molar-refractivity contribution in [2.75, 3.05) is 32.8 Å². The minimum absolute atomic E-state index is 0.0178. The minimum Gasteiger partial charge on any atom is -0.381 e. The van der Waals surface area contributed by atoms with E-state index >= 15 is 0 Å². The van der Waals surface area contributed by atoms with Crippen LogP contribution in [-0.4, -0.2) is 59.5 Å². The predicted molar refractivity (Wildman–Crippen MR) is 69.4 cm³/mol. The molecule has 1 unspecified atom stereocenters. The van der Waals surface area contributed by atoms with E-state index in [1.165, 1.54) is 4.90 Å². The minimum atomic E-state index is -0.716. The molecule has 0 aromatic carbocycles. The largest absolute Gasteiger partial charge is 0.381 e. The van der Waals surface area contributed by atoms with Gasteiger partial charge in [0.1, 0.15) is 5.10 Å².